The van der Waals surface area contributed by atoms with Gasteiger partial charge in [-0.2, -0.15) is 0 Å². The van der Waals surface area contributed by atoms with Crippen molar-refractivity contribution in [3.05, 3.63) is 53.6 Å². The molecule has 0 saturated heterocycles. The largest absolute Gasteiger partial charge is 0.465 e. The summed E-state index contributed by atoms with van der Waals surface area (Å²) in [6.07, 6.45) is -0.0993. The van der Waals surface area contributed by atoms with Crippen LogP contribution in [0, 0.1) is 5.41 Å². The summed E-state index contributed by atoms with van der Waals surface area (Å²) in [6, 6.07) is 14.6. The maximum absolute atomic E-state index is 11.1. The number of nitrogens with zero attached hydrogens (tertiary/aromatic N) is 1. The first-order chi connectivity index (χ1) is 11.3. The summed E-state index contributed by atoms with van der Waals surface area (Å²) in [5.41, 5.74) is 5.71. The first-order valence-electron chi connectivity index (χ1n) is 8.18. The lowest BCUT2D eigenvalue weighted by Crippen LogP contribution is -2.34. The number of anilines is 1. The van der Waals surface area contributed by atoms with Crippen LogP contribution in [0.15, 0.2) is 42.5 Å². The van der Waals surface area contributed by atoms with Crippen molar-refractivity contribution >= 4 is 11.8 Å². The molecule has 1 unspecified atom stereocenters. The highest BCUT2D eigenvalue weighted by Crippen LogP contribution is 2.46. The molecule has 1 amide bonds. The zero-order valence-corrected chi connectivity index (χ0v) is 14.6. The van der Waals surface area contributed by atoms with Crippen molar-refractivity contribution in [2.45, 2.75) is 26.3 Å². The van der Waals surface area contributed by atoms with Crippen LogP contribution in [0.3, 0.4) is 0 Å². The summed E-state index contributed by atoms with van der Waals surface area (Å²) in [5.74, 6) is 0. The maximum Gasteiger partial charge on any atom is 0.405 e. The van der Waals surface area contributed by atoms with Crippen molar-refractivity contribution in [1.82, 2.24) is 5.32 Å². The second-order valence-electron chi connectivity index (χ2n) is 7.41. The van der Waals surface area contributed by atoms with Gasteiger partial charge in [-0.3, -0.25) is 0 Å². The molecule has 4 heteroatoms. The zero-order chi connectivity index (χ0) is 17.5. The standard InChI is InChI=1S/C20H24N2O2/c1-20(2)12-15-10-14(8-9-17(15)18(20)21-19(23)24)13-6-5-7-16(11-13)22(3)4/h5-11,18,21H,12H2,1-4H3,(H,23,24). The number of benzene rings is 2. The minimum absolute atomic E-state index is 0.120. The Morgan fingerprint density at radius 3 is 2.54 bits per heavy atom. The fourth-order valence-corrected chi connectivity index (χ4v) is 3.59. The fourth-order valence-electron chi connectivity index (χ4n) is 3.59. The van der Waals surface area contributed by atoms with Crippen LogP contribution in [-0.4, -0.2) is 25.3 Å². The van der Waals surface area contributed by atoms with Gasteiger partial charge in [0.05, 0.1) is 6.04 Å². The molecule has 0 bridgehead atoms. The van der Waals surface area contributed by atoms with Crippen LogP contribution in [0.2, 0.25) is 0 Å². The van der Waals surface area contributed by atoms with E-state index in [0.29, 0.717) is 0 Å². The molecule has 0 radical (unpaired) electrons. The van der Waals surface area contributed by atoms with E-state index in [0.717, 1.165) is 12.0 Å². The number of hydrogen-bond acceptors (Lipinski definition) is 2. The van der Waals surface area contributed by atoms with Crippen LogP contribution in [0.5, 0.6) is 0 Å². The number of rotatable bonds is 3. The van der Waals surface area contributed by atoms with Crippen LogP contribution >= 0.6 is 0 Å². The second-order valence-corrected chi connectivity index (χ2v) is 7.41. The van der Waals surface area contributed by atoms with E-state index in [-0.39, 0.29) is 11.5 Å². The zero-order valence-electron chi connectivity index (χ0n) is 14.6. The van der Waals surface area contributed by atoms with E-state index in [1.807, 2.05) is 14.1 Å². The van der Waals surface area contributed by atoms with Crippen LogP contribution in [0.1, 0.15) is 31.0 Å². The Morgan fingerprint density at radius 1 is 1.17 bits per heavy atom. The van der Waals surface area contributed by atoms with Gasteiger partial charge in [-0.05, 0) is 46.2 Å². The average Bonchev–Trinajstić information content (AvgIpc) is 2.76. The molecule has 0 heterocycles. The Balaban J connectivity index is 1.99. The highest BCUT2D eigenvalue weighted by atomic mass is 16.4. The molecule has 2 aromatic rings. The van der Waals surface area contributed by atoms with Gasteiger partial charge in [-0.15, -0.1) is 0 Å². The van der Waals surface area contributed by atoms with E-state index < -0.39 is 6.09 Å². The minimum atomic E-state index is -0.969. The third kappa shape index (κ3) is 2.96. The highest BCUT2D eigenvalue weighted by Gasteiger charge is 2.39. The number of hydrogen-bond donors (Lipinski definition) is 2. The molecule has 3 rings (SSSR count). The van der Waals surface area contributed by atoms with Crippen LogP contribution in [0.25, 0.3) is 11.1 Å². The first kappa shape index (κ1) is 16.4. The van der Waals surface area contributed by atoms with Crippen LogP contribution in [-0.2, 0) is 6.42 Å². The quantitative estimate of drug-likeness (QED) is 0.884. The summed E-state index contributed by atoms with van der Waals surface area (Å²) in [4.78, 5) is 13.2. The normalized spacial score (nSPS) is 18.1. The molecule has 1 aliphatic carbocycles. The molecule has 1 atom stereocenters. The molecule has 0 saturated carbocycles. The third-order valence-corrected chi connectivity index (χ3v) is 4.85. The molecule has 4 nitrogen and oxygen atoms in total. The summed E-state index contributed by atoms with van der Waals surface area (Å²) < 4.78 is 0. The Morgan fingerprint density at radius 2 is 1.88 bits per heavy atom. The van der Waals surface area contributed by atoms with E-state index in [1.54, 1.807) is 0 Å². The molecule has 126 valence electrons. The van der Waals surface area contributed by atoms with Gasteiger partial charge >= 0.3 is 6.09 Å². The van der Waals surface area contributed by atoms with Gasteiger partial charge < -0.3 is 15.3 Å². The van der Waals surface area contributed by atoms with Crippen molar-refractivity contribution in [2.24, 2.45) is 5.41 Å². The number of carboxylic acid groups (broad SMARTS) is 1. The van der Waals surface area contributed by atoms with Crippen molar-refractivity contribution in [1.29, 1.82) is 0 Å². The molecular weight excluding hydrogens is 300 g/mol. The monoisotopic (exact) mass is 324 g/mol. The number of amides is 1. The van der Waals surface area contributed by atoms with E-state index in [1.165, 1.54) is 22.4 Å². The van der Waals surface area contributed by atoms with Crippen molar-refractivity contribution in [3.63, 3.8) is 0 Å². The smallest absolute Gasteiger partial charge is 0.405 e. The van der Waals surface area contributed by atoms with Gasteiger partial charge in [-0.25, -0.2) is 4.79 Å². The highest BCUT2D eigenvalue weighted by molar-refractivity contribution is 5.71. The Kier molecular flexibility index (Phi) is 3.99. The third-order valence-electron chi connectivity index (χ3n) is 4.85. The predicted octanol–water partition coefficient (Wildman–Crippen LogP) is 4.31. The molecule has 1 aliphatic rings. The van der Waals surface area contributed by atoms with E-state index in [2.05, 4.69) is 66.5 Å². The van der Waals surface area contributed by atoms with Gasteiger partial charge in [0.1, 0.15) is 0 Å². The molecule has 0 fully saturated rings. The molecule has 0 aromatic heterocycles. The Labute approximate surface area is 143 Å². The van der Waals surface area contributed by atoms with Crippen molar-refractivity contribution in [3.8, 4) is 11.1 Å². The summed E-state index contributed by atoms with van der Waals surface area (Å²) in [5, 5.41) is 11.8. The summed E-state index contributed by atoms with van der Waals surface area (Å²) in [6.45, 7) is 4.22. The second kappa shape index (κ2) is 5.86. The lowest BCUT2D eigenvalue weighted by Gasteiger charge is -2.27. The molecule has 0 spiro atoms. The summed E-state index contributed by atoms with van der Waals surface area (Å²) >= 11 is 0. The van der Waals surface area contributed by atoms with Gasteiger partial charge in [0, 0.05) is 19.8 Å². The van der Waals surface area contributed by atoms with E-state index >= 15 is 0 Å². The van der Waals surface area contributed by atoms with Gasteiger partial charge in [0.2, 0.25) is 0 Å². The van der Waals surface area contributed by atoms with Crippen LogP contribution < -0.4 is 10.2 Å². The Bertz CT molecular complexity index is 781. The topological polar surface area (TPSA) is 52.6 Å². The predicted molar refractivity (Wildman–Crippen MR) is 97.6 cm³/mol. The molecular formula is C20H24N2O2. The average molecular weight is 324 g/mol. The van der Waals surface area contributed by atoms with E-state index in [4.69, 9.17) is 5.11 Å². The van der Waals surface area contributed by atoms with Crippen molar-refractivity contribution < 1.29 is 9.90 Å². The lowest BCUT2D eigenvalue weighted by atomic mass is 9.85. The van der Waals surface area contributed by atoms with Gasteiger partial charge in [0.15, 0.2) is 0 Å². The molecule has 0 aliphatic heterocycles. The number of fused-ring (bicyclic) bond motifs is 1. The van der Waals surface area contributed by atoms with Crippen molar-refractivity contribution in [2.75, 3.05) is 19.0 Å². The first-order valence-corrected chi connectivity index (χ1v) is 8.18. The van der Waals surface area contributed by atoms with Gasteiger partial charge in [-0.1, -0.05) is 44.2 Å². The summed E-state index contributed by atoms with van der Waals surface area (Å²) in [7, 11) is 4.07. The SMILES string of the molecule is CN(C)c1cccc(-c2ccc3c(c2)CC(C)(C)C3NC(=O)O)c1. The van der Waals surface area contributed by atoms with E-state index in [9.17, 15) is 4.79 Å². The Hall–Kier alpha value is -2.49. The molecule has 24 heavy (non-hydrogen) atoms. The fraction of sp³-hybridized carbons (Fsp3) is 0.350. The van der Waals surface area contributed by atoms with Gasteiger partial charge in [0.25, 0.3) is 0 Å². The molecule has 2 N–H and O–H groups in total. The maximum atomic E-state index is 11.1. The lowest BCUT2D eigenvalue weighted by molar-refractivity contribution is 0.175. The van der Waals surface area contributed by atoms with Crippen LogP contribution in [0.4, 0.5) is 10.5 Å². The minimum Gasteiger partial charge on any atom is -0.465 e. The number of carbonyl (C=O) groups is 1. The molecule has 2 aromatic carbocycles. The number of nitrogens with one attached hydrogen (secondary N) is 1.